The van der Waals surface area contributed by atoms with Gasteiger partial charge in [0.15, 0.2) is 16.7 Å². The molecule has 0 aliphatic heterocycles. The quantitative estimate of drug-likeness (QED) is 0.739. The summed E-state index contributed by atoms with van der Waals surface area (Å²) in [5.74, 6) is -0.921. The first-order chi connectivity index (χ1) is 12.0. The lowest BCUT2D eigenvalue weighted by Gasteiger charge is -2.03. The van der Waals surface area contributed by atoms with Crippen LogP contribution >= 0.6 is 11.3 Å². The number of ether oxygens (including phenoxy) is 1. The summed E-state index contributed by atoms with van der Waals surface area (Å²) >= 11 is 1.24. The third-order valence-electron chi connectivity index (χ3n) is 3.48. The zero-order valence-corrected chi connectivity index (χ0v) is 14.1. The van der Waals surface area contributed by atoms with Crippen LogP contribution in [0.3, 0.4) is 0 Å². The number of hydrogen-bond acceptors (Lipinski definition) is 4. The number of thiazole rings is 1. The Morgan fingerprint density at radius 2 is 1.96 bits per heavy atom. The molecule has 7 heteroatoms. The predicted octanol–water partition coefficient (Wildman–Crippen LogP) is 4.28. The first-order valence-corrected chi connectivity index (χ1v) is 8.27. The van der Waals surface area contributed by atoms with E-state index >= 15 is 0 Å². The number of methoxy groups -OCH3 is 1. The van der Waals surface area contributed by atoms with Gasteiger partial charge in [0.2, 0.25) is 5.91 Å². The highest BCUT2D eigenvalue weighted by Crippen LogP contribution is 2.28. The van der Waals surface area contributed by atoms with Crippen molar-refractivity contribution >= 4 is 22.4 Å². The highest BCUT2D eigenvalue weighted by Gasteiger charge is 2.11. The van der Waals surface area contributed by atoms with E-state index in [4.69, 9.17) is 4.74 Å². The number of nitrogens with zero attached hydrogens (tertiary/aromatic N) is 1. The van der Waals surface area contributed by atoms with Crippen molar-refractivity contribution in [2.45, 2.75) is 6.42 Å². The molecule has 3 rings (SSSR count). The van der Waals surface area contributed by atoms with E-state index in [0.717, 1.165) is 0 Å². The van der Waals surface area contributed by atoms with Gasteiger partial charge in [0.1, 0.15) is 5.82 Å². The van der Waals surface area contributed by atoms with Crippen molar-refractivity contribution in [3.8, 4) is 17.0 Å². The van der Waals surface area contributed by atoms with Crippen LogP contribution in [0, 0.1) is 11.6 Å². The molecule has 1 heterocycles. The molecule has 0 radical (unpaired) electrons. The summed E-state index contributed by atoms with van der Waals surface area (Å²) in [7, 11) is 1.40. The van der Waals surface area contributed by atoms with Gasteiger partial charge in [-0.1, -0.05) is 12.1 Å². The van der Waals surface area contributed by atoms with Gasteiger partial charge in [-0.15, -0.1) is 11.3 Å². The van der Waals surface area contributed by atoms with Gasteiger partial charge in [-0.2, -0.15) is 0 Å². The maximum Gasteiger partial charge on any atom is 0.230 e. The number of halogens is 2. The van der Waals surface area contributed by atoms with Crippen LogP contribution in [0.5, 0.6) is 5.75 Å². The molecule has 0 saturated heterocycles. The number of carbonyl (C=O) groups excluding carboxylic acids is 1. The Bertz CT molecular complexity index is 894. The molecule has 1 N–H and O–H groups in total. The molecule has 0 atom stereocenters. The third kappa shape index (κ3) is 4.19. The fourth-order valence-electron chi connectivity index (χ4n) is 2.24. The number of anilines is 1. The summed E-state index contributed by atoms with van der Waals surface area (Å²) in [6.45, 7) is 0. The van der Waals surface area contributed by atoms with Crippen LogP contribution in [0.2, 0.25) is 0 Å². The van der Waals surface area contributed by atoms with Crippen LogP contribution < -0.4 is 10.1 Å². The lowest BCUT2D eigenvalue weighted by Crippen LogP contribution is -2.14. The van der Waals surface area contributed by atoms with Crippen LogP contribution in [0.15, 0.2) is 47.8 Å². The zero-order valence-electron chi connectivity index (χ0n) is 13.3. The van der Waals surface area contributed by atoms with Gasteiger partial charge in [0.05, 0.1) is 19.2 Å². The van der Waals surface area contributed by atoms with Gasteiger partial charge in [0.25, 0.3) is 0 Å². The van der Waals surface area contributed by atoms with E-state index in [1.54, 1.807) is 23.6 Å². The van der Waals surface area contributed by atoms with Crippen molar-refractivity contribution < 1.29 is 18.3 Å². The lowest BCUT2D eigenvalue weighted by molar-refractivity contribution is -0.115. The monoisotopic (exact) mass is 360 g/mol. The second-order valence-corrected chi connectivity index (χ2v) is 6.10. The Kier molecular flexibility index (Phi) is 5.04. The molecule has 0 saturated carbocycles. The van der Waals surface area contributed by atoms with Crippen LogP contribution in [0.25, 0.3) is 11.3 Å². The highest BCUT2D eigenvalue weighted by atomic mass is 32.1. The molecule has 0 aliphatic rings. The Morgan fingerprint density at radius 1 is 1.20 bits per heavy atom. The Labute approximate surface area is 147 Å². The molecule has 4 nitrogen and oxygen atoms in total. The fraction of sp³-hybridized carbons (Fsp3) is 0.111. The summed E-state index contributed by atoms with van der Waals surface area (Å²) in [6.07, 6.45) is 0.117. The minimum absolute atomic E-state index is 0.117. The van der Waals surface area contributed by atoms with E-state index in [2.05, 4.69) is 10.3 Å². The maximum absolute atomic E-state index is 13.8. The van der Waals surface area contributed by atoms with E-state index in [-0.39, 0.29) is 23.9 Å². The Balaban J connectivity index is 1.68. The molecule has 0 spiro atoms. The van der Waals surface area contributed by atoms with Gasteiger partial charge in [0, 0.05) is 10.9 Å². The number of aromatic nitrogens is 1. The summed E-state index contributed by atoms with van der Waals surface area (Å²) in [5, 5.41) is 4.83. The second-order valence-electron chi connectivity index (χ2n) is 5.24. The first-order valence-electron chi connectivity index (χ1n) is 7.39. The molecule has 3 aromatic rings. The number of hydrogen-bond donors (Lipinski definition) is 1. The smallest absolute Gasteiger partial charge is 0.230 e. The molecule has 1 aromatic heterocycles. The minimum Gasteiger partial charge on any atom is -0.494 e. The largest absolute Gasteiger partial charge is 0.494 e. The topological polar surface area (TPSA) is 51.2 Å². The average molecular weight is 360 g/mol. The van der Waals surface area contributed by atoms with Gasteiger partial charge in [-0.3, -0.25) is 4.79 Å². The van der Waals surface area contributed by atoms with Crippen molar-refractivity contribution in [3.63, 3.8) is 0 Å². The molecule has 2 aromatic carbocycles. The van der Waals surface area contributed by atoms with Gasteiger partial charge < -0.3 is 10.1 Å². The van der Waals surface area contributed by atoms with E-state index in [1.807, 2.05) is 0 Å². The Morgan fingerprint density at radius 3 is 2.64 bits per heavy atom. The predicted molar refractivity (Wildman–Crippen MR) is 92.8 cm³/mol. The highest BCUT2D eigenvalue weighted by molar-refractivity contribution is 7.14. The van der Waals surface area contributed by atoms with Crippen molar-refractivity contribution in [1.29, 1.82) is 0 Å². The van der Waals surface area contributed by atoms with Crippen molar-refractivity contribution in [3.05, 3.63) is 65.0 Å². The number of rotatable bonds is 5. The molecule has 1 amide bonds. The van der Waals surface area contributed by atoms with Crippen LogP contribution in [0.4, 0.5) is 13.9 Å². The molecular formula is C18H14F2N2O2S. The zero-order chi connectivity index (χ0) is 17.8. The normalized spacial score (nSPS) is 10.5. The summed E-state index contributed by atoms with van der Waals surface area (Å²) in [6, 6.07) is 10.3. The number of nitrogens with one attached hydrogen (secondary N) is 1. The molecule has 0 fully saturated rings. The van der Waals surface area contributed by atoms with E-state index < -0.39 is 5.82 Å². The Hall–Kier alpha value is -2.80. The number of carbonyl (C=O) groups is 1. The number of benzene rings is 2. The van der Waals surface area contributed by atoms with Crippen molar-refractivity contribution in [2.24, 2.45) is 0 Å². The van der Waals surface area contributed by atoms with E-state index in [9.17, 15) is 13.6 Å². The van der Waals surface area contributed by atoms with Gasteiger partial charge in [-0.05, 0) is 35.9 Å². The van der Waals surface area contributed by atoms with Crippen LogP contribution in [-0.2, 0) is 11.2 Å². The molecule has 0 aliphatic carbocycles. The fourth-order valence-corrected chi connectivity index (χ4v) is 2.98. The summed E-state index contributed by atoms with van der Waals surface area (Å²) in [4.78, 5) is 16.3. The molecule has 25 heavy (non-hydrogen) atoms. The molecular weight excluding hydrogens is 346 g/mol. The molecule has 0 unspecified atom stereocenters. The lowest BCUT2D eigenvalue weighted by atomic mass is 10.1. The summed E-state index contributed by atoms with van der Waals surface area (Å²) < 4.78 is 31.5. The van der Waals surface area contributed by atoms with Gasteiger partial charge >= 0.3 is 0 Å². The third-order valence-corrected chi connectivity index (χ3v) is 4.23. The molecule has 0 bridgehead atoms. The minimum atomic E-state index is -0.477. The van der Waals surface area contributed by atoms with E-state index in [0.29, 0.717) is 22.0 Å². The molecule has 128 valence electrons. The van der Waals surface area contributed by atoms with Gasteiger partial charge in [-0.25, -0.2) is 13.8 Å². The van der Waals surface area contributed by atoms with E-state index in [1.165, 1.54) is 42.7 Å². The van der Waals surface area contributed by atoms with Crippen LogP contribution in [0.1, 0.15) is 5.56 Å². The standard InChI is InChI=1S/C18H14F2N2O2S/c1-24-16-7-4-12(9-14(16)20)15-10-25-18(21-15)22-17(23)8-11-2-5-13(19)6-3-11/h2-7,9-10H,8H2,1H3,(H,21,22,23). The van der Waals surface area contributed by atoms with Crippen molar-refractivity contribution in [1.82, 2.24) is 4.98 Å². The van der Waals surface area contributed by atoms with Crippen molar-refractivity contribution in [2.75, 3.05) is 12.4 Å². The maximum atomic E-state index is 13.8. The number of amides is 1. The average Bonchev–Trinajstić information content (AvgIpc) is 3.05. The SMILES string of the molecule is COc1ccc(-c2csc(NC(=O)Cc3ccc(F)cc3)n2)cc1F. The first kappa shape index (κ1) is 17.0. The van der Waals surface area contributed by atoms with Crippen LogP contribution in [-0.4, -0.2) is 18.0 Å². The summed E-state index contributed by atoms with van der Waals surface area (Å²) in [5.41, 5.74) is 1.85. The second kappa shape index (κ2) is 7.40.